The Morgan fingerprint density at radius 2 is 0.468 bits per heavy atom. The van der Waals surface area contributed by atoms with Crippen LogP contribution < -0.4 is 0 Å². The molecule has 0 aliphatic heterocycles. The second-order valence-corrected chi connectivity index (χ2v) is 23.8. The van der Waals surface area contributed by atoms with Crippen molar-refractivity contribution in [2.75, 3.05) is 13.2 Å². The molecule has 0 radical (unpaired) electrons. The molecule has 0 N–H and O–H groups in total. The van der Waals surface area contributed by atoms with Crippen LogP contribution in [0.4, 0.5) is 0 Å². The molecule has 0 aliphatic carbocycles. The molecule has 454 valence electrons. The van der Waals surface area contributed by atoms with E-state index in [1.54, 1.807) is 0 Å². The van der Waals surface area contributed by atoms with E-state index in [1.165, 1.54) is 276 Å². The predicted molar refractivity (Wildman–Crippen MR) is 335 cm³/mol. The van der Waals surface area contributed by atoms with Crippen LogP contribution in [0.3, 0.4) is 0 Å². The van der Waals surface area contributed by atoms with Gasteiger partial charge in [0.15, 0.2) is 6.10 Å². The van der Waals surface area contributed by atoms with E-state index in [4.69, 9.17) is 14.2 Å². The second kappa shape index (κ2) is 66.4. The third kappa shape index (κ3) is 64.6. The number of hydrogen-bond acceptors (Lipinski definition) is 6. The molecule has 1 unspecified atom stereocenters. The van der Waals surface area contributed by atoms with Crippen molar-refractivity contribution in [3.63, 3.8) is 0 Å². The maximum atomic E-state index is 12.9. The molecule has 0 aromatic rings. The van der Waals surface area contributed by atoms with Gasteiger partial charge in [0.25, 0.3) is 0 Å². The number of unbranched alkanes of at least 4 members (excludes halogenated alkanes) is 50. The van der Waals surface area contributed by atoms with Crippen LogP contribution >= 0.6 is 0 Å². The highest BCUT2D eigenvalue weighted by Crippen LogP contribution is 2.19. The zero-order valence-electron chi connectivity index (χ0n) is 52.3. The van der Waals surface area contributed by atoms with E-state index in [1.807, 2.05) is 0 Å². The van der Waals surface area contributed by atoms with Gasteiger partial charge in [0.1, 0.15) is 13.2 Å². The summed E-state index contributed by atoms with van der Waals surface area (Å²) in [4.78, 5) is 38.4. The average Bonchev–Trinajstić information content (AvgIpc) is 3.43. The Morgan fingerprint density at radius 3 is 0.740 bits per heavy atom. The van der Waals surface area contributed by atoms with Gasteiger partial charge in [0, 0.05) is 19.3 Å². The van der Waals surface area contributed by atoms with Crippen molar-refractivity contribution in [2.45, 2.75) is 399 Å². The van der Waals surface area contributed by atoms with Gasteiger partial charge >= 0.3 is 17.9 Å². The second-order valence-electron chi connectivity index (χ2n) is 23.8. The van der Waals surface area contributed by atoms with E-state index in [0.29, 0.717) is 19.3 Å². The molecule has 0 amide bonds. The van der Waals surface area contributed by atoms with E-state index >= 15 is 0 Å². The average molecular weight is 1080 g/mol. The molecule has 6 nitrogen and oxygen atoms in total. The van der Waals surface area contributed by atoms with E-state index in [2.05, 4.69) is 45.1 Å². The van der Waals surface area contributed by atoms with Crippen molar-refractivity contribution in [1.29, 1.82) is 0 Å². The predicted octanol–water partition coefficient (Wildman–Crippen LogP) is 23.8. The lowest BCUT2D eigenvalue weighted by Crippen LogP contribution is -2.30. The number of hydrogen-bond donors (Lipinski definition) is 0. The summed E-state index contributed by atoms with van der Waals surface area (Å²) in [7, 11) is 0. The highest BCUT2D eigenvalue weighted by atomic mass is 16.6. The van der Waals surface area contributed by atoms with Crippen molar-refractivity contribution in [2.24, 2.45) is 0 Å². The smallest absolute Gasteiger partial charge is 0.306 e. The Morgan fingerprint density at radius 1 is 0.260 bits per heavy atom. The molecule has 0 fully saturated rings. The van der Waals surface area contributed by atoms with E-state index < -0.39 is 6.10 Å². The molecule has 0 saturated carbocycles. The van der Waals surface area contributed by atoms with Crippen molar-refractivity contribution in [3.8, 4) is 0 Å². The fourth-order valence-corrected chi connectivity index (χ4v) is 10.7. The molecule has 0 saturated heterocycles. The third-order valence-corrected chi connectivity index (χ3v) is 16.0. The van der Waals surface area contributed by atoms with Gasteiger partial charge in [-0.1, -0.05) is 347 Å². The van der Waals surface area contributed by atoms with Crippen molar-refractivity contribution in [1.82, 2.24) is 0 Å². The molecule has 0 aromatic carbocycles. The Kier molecular flexibility index (Phi) is 64.6. The van der Waals surface area contributed by atoms with E-state index in [9.17, 15) is 14.4 Å². The first kappa shape index (κ1) is 74.9. The van der Waals surface area contributed by atoms with Gasteiger partial charge in [-0.05, 0) is 51.4 Å². The Labute approximate surface area is 481 Å². The van der Waals surface area contributed by atoms with Gasteiger partial charge < -0.3 is 14.2 Å². The molecule has 77 heavy (non-hydrogen) atoms. The molecule has 0 rings (SSSR count). The van der Waals surface area contributed by atoms with Gasteiger partial charge in [-0.15, -0.1) is 0 Å². The van der Waals surface area contributed by atoms with E-state index in [-0.39, 0.29) is 31.1 Å². The highest BCUT2D eigenvalue weighted by molar-refractivity contribution is 5.71. The number of carbonyl (C=O) groups is 3. The van der Waals surface area contributed by atoms with Gasteiger partial charge in [-0.25, -0.2) is 0 Å². The highest BCUT2D eigenvalue weighted by Gasteiger charge is 2.19. The zero-order valence-corrected chi connectivity index (χ0v) is 52.3. The Hall–Kier alpha value is -2.11. The maximum absolute atomic E-state index is 12.9. The number of esters is 3. The molecule has 1 atom stereocenters. The Bertz CT molecular complexity index is 1240. The monoisotopic (exact) mass is 1080 g/mol. The fourth-order valence-electron chi connectivity index (χ4n) is 10.7. The SMILES string of the molecule is CCCCC/C=C\C/C=C\CCCCCCCC(=O)OCC(COC(=O)CCCCCCCCCCCCCCCCCCCCCCCCCCCCCC)OC(=O)CCCCCCCCCCCCCCCCCC. The van der Waals surface area contributed by atoms with Crippen LogP contribution in [0.2, 0.25) is 0 Å². The fraction of sp³-hybridized carbons (Fsp3) is 0.901. The topological polar surface area (TPSA) is 78.9 Å². The first-order chi connectivity index (χ1) is 38.0. The van der Waals surface area contributed by atoms with E-state index in [0.717, 1.165) is 77.0 Å². The summed E-state index contributed by atoms with van der Waals surface area (Å²) in [5.41, 5.74) is 0. The first-order valence-corrected chi connectivity index (χ1v) is 34.8. The van der Waals surface area contributed by atoms with Crippen LogP contribution in [-0.2, 0) is 28.6 Å². The van der Waals surface area contributed by atoms with Crippen LogP contribution in [0, 0.1) is 0 Å². The lowest BCUT2D eigenvalue weighted by molar-refractivity contribution is -0.167. The minimum absolute atomic E-state index is 0.0694. The van der Waals surface area contributed by atoms with Gasteiger partial charge in [-0.3, -0.25) is 14.4 Å². The van der Waals surface area contributed by atoms with Crippen LogP contribution in [-0.4, -0.2) is 37.2 Å². The third-order valence-electron chi connectivity index (χ3n) is 16.0. The van der Waals surface area contributed by atoms with Crippen molar-refractivity contribution in [3.05, 3.63) is 24.3 Å². The van der Waals surface area contributed by atoms with Crippen LogP contribution in [0.15, 0.2) is 24.3 Å². The maximum Gasteiger partial charge on any atom is 0.306 e. The quantitative estimate of drug-likeness (QED) is 0.0261. The summed E-state index contributed by atoms with van der Waals surface area (Å²) in [5, 5.41) is 0. The van der Waals surface area contributed by atoms with Gasteiger partial charge in [-0.2, -0.15) is 0 Å². The van der Waals surface area contributed by atoms with Crippen LogP contribution in [0.25, 0.3) is 0 Å². The number of allylic oxidation sites excluding steroid dienone is 4. The van der Waals surface area contributed by atoms with Crippen LogP contribution in [0.1, 0.15) is 393 Å². The van der Waals surface area contributed by atoms with Gasteiger partial charge in [0.05, 0.1) is 0 Å². The normalized spacial score (nSPS) is 12.1. The molecule has 0 aromatic heterocycles. The molecule has 0 spiro atoms. The minimum Gasteiger partial charge on any atom is -0.462 e. The molecular weight excluding hydrogens is 949 g/mol. The number of rotatable bonds is 65. The Balaban J connectivity index is 4.18. The summed E-state index contributed by atoms with van der Waals surface area (Å²) in [5.74, 6) is -0.853. The van der Waals surface area contributed by atoms with Gasteiger partial charge in [0.2, 0.25) is 0 Å². The summed E-state index contributed by atoms with van der Waals surface area (Å²) in [6.07, 6.45) is 80.7. The van der Waals surface area contributed by atoms with Crippen LogP contribution in [0.5, 0.6) is 0 Å². The summed E-state index contributed by atoms with van der Waals surface area (Å²) >= 11 is 0. The summed E-state index contributed by atoms with van der Waals surface area (Å²) < 4.78 is 17.0. The standard InChI is InChI=1S/C71H134O6/c1-4-7-10-13-16-19-22-25-28-30-31-32-33-34-35-36-37-38-39-40-41-44-46-49-52-55-58-61-64-70(73)76-67-68(66-75-69(72)63-60-57-54-51-48-45-42-27-24-21-18-15-12-9-6-3)77-71(74)65-62-59-56-53-50-47-43-29-26-23-20-17-14-11-8-5-2/h18,21,27,42,68H,4-17,19-20,22-26,28-41,43-67H2,1-3H3/b21-18-,42-27-. The lowest BCUT2D eigenvalue weighted by Gasteiger charge is -2.18. The summed E-state index contributed by atoms with van der Waals surface area (Å²) in [6, 6.07) is 0. The number of ether oxygens (including phenoxy) is 3. The molecular formula is C71H134O6. The first-order valence-electron chi connectivity index (χ1n) is 34.8. The largest absolute Gasteiger partial charge is 0.462 e. The molecule has 0 heterocycles. The molecule has 6 heteroatoms. The zero-order chi connectivity index (χ0) is 55.7. The molecule has 0 aliphatic rings. The van der Waals surface area contributed by atoms with Crippen molar-refractivity contribution >= 4 is 17.9 Å². The van der Waals surface area contributed by atoms with Crippen molar-refractivity contribution < 1.29 is 28.6 Å². The molecule has 0 bridgehead atoms. The summed E-state index contributed by atoms with van der Waals surface area (Å²) in [6.45, 7) is 6.68. The minimum atomic E-state index is -0.773. The lowest BCUT2D eigenvalue weighted by atomic mass is 10.0. The number of carbonyl (C=O) groups excluding carboxylic acids is 3.